The zero-order valence-corrected chi connectivity index (χ0v) is 28.0. The molecule has 8 heteroatoms. The van der Waals surface area contributed by atoms with E-state index in [4.69, 9.17) is 13.8 Å². The maximum Gasteiger partial charge on any atom is 0.376 e. The molecule has 0 amide bonds. The first-order valence-corrected chi connectivity index (χ1v) is 17.9. The van der Waals surface area contributed by atoms with E-state index in [1.807, 2.05) is 24.3 Å². The first-order chi connectivity index (χ1) is 21.0. The largest absolute Gasteiger partial charge is 0.440 e. The fraction of sp³-hybridized carbons (Fsp3) is 0.583. The van der Waals surface area contributed by atoms with Crippen molar-refractivity contribution in [2.75, 3.05) is 0 Å². The molecule has 1 aromatic carbocycles. The average Bonchev–Trinajstić information content (AvgIpc) is 3.01. The van der Waals surface area contributed by atoms with Gasteiger partial charge in [0.05, 0.1) is 12.2 Å². The highest BCUT2D eigenvalue weighted by molar-refractivity contribution is 7.54. The molecular formula is C36H49N2O5P. The lowest BCUT2D eigenvalue weighted by Gasteiger charge is -2.42. The third kappa shape index (κ3) is 8.68. The molecule has 0 radical (unpaired) electrons. The predicted octanol–water partition coefficient (Wildman–Crippen LogP) is 9.38. The summed E-state index contributed by atoms with van der Waals surface area (Å²) in [5.41, 5.74) is 0.892. The van der Waals surface area contributed by atoms with Gasteiger partial charge in [0, 0.05) is 18.0 Å². The maximum atomic E-state index is 15.4. The molecule has 4 rings (SSSR count). The van der Waals surface area contributed by atoms with E-state index in [9.17, 15) is 10.1 Å². The van der Waals surface area contributed by atoms with Crippen molar-refractivity contribution in [3.63, 3.8) is 0 Å². The van der Waals surface area contributed by atoms with E-state index in [1.165, 1.54) is 12.3 Å². The van der Waals surface area contributed by atoms with Crippen molar-refractivity contribution < 1.29 is 23.1 Å². The standard InChI is InChI=1S/C36H49N2O5P/c1-24(2)29-16-14-26(5)33(20-29)42-44(40,43-34-21-30(25(3)4)17-15-27(34)6)36(31-13-10-18-38-23-31)41-35(39)32(22-37)19-28-11-8-7-9-12-28/h7-13,18-19,23-27,29-30,33-34,36H,14-17,20-21H2,1-6H3/b32-19+. The Labute approximate surface area is 263 Å². The summed E-state index contributed by atoms with van der Waals surface area (Å²) < 4.78 is 34.9. The van der Waals surface area contributed by atoms with Crippen LogP contribution in [0.25, 0.3) is 6.08 Å². The molecule has 7 unspecified atom stereocenters. The number of nitriles is 1. The van der Waals surface area contributed by atoms with Crippen molar-refractivity contribution in [2.45, 2.75) is 98.1 Å². The number of hydrogen-bond acceptors (Lipinski definition) is 7. The van der Waals surface area contributed by atoms with Crippen molar-refractivity contribution >= 4 is 19.6 Å². The first kappa shape index (κ1) is 34.1. The number of esters is 1. The highest BCUT2D eigenvalue weighted by Crippen LogP contribution is 2.65. The van der Waals surface area contributed by atoms with Gasteiger partial charge in [0.1, 0.15) is 11.6 Å². The van der Waals surface area contributed by atoms with E-state index in [2.05, 4.69) is 46.5 Å². The molecule has 1 heterocycles. The Morgan fingerprint density at radius 3 is 1.95 bits per heavy atom. The minimum atomic E-state index is -4.18. The van der Waals surface area contributed by atoms with Gasteiger partial charge in [-0.3, -0.25) is 9.55 Å². The Morgan fingerprint density at radius 2 is 1.48 bits per heavy atom. The lowest BCUT2D eigenvalue weighted by molar-refractivity contribution is -0.142. The van der Waals surface area contributed by atoms with E-state index in [1.54, 1.807) is 30.5 Å². The van der Waals surface area contributed by atoms with Gasteiger partial charge in [-0.05, 0) is 91.7 Å². The number of hydrogen-bond donors (Lipinski definition) is 0. The van der Waals surface area contributed by atoms with Gasteiger partial charge in [-0.1, -0.05) is 77.9 Å². The van der Waals surface area contributed by atoms with Crippen LogP contribution in [0, 0.1) is 46.8 Å². The molecule has 2 aliphatic rings. The minimum Gasteiger partial charge on any atom is -0.440 e. The molecule has 2 aromatic rings. The molecule has 7 nitrogen and oxygen atoms in total. The van der Waals surface area contributed by atoms with Crippen LogP contribution >= 0.6 is 7.60 Å². The first-order valence-electron chi connectivity index (χ1n) is 16.2. The number of pyridine rings is 1. The van der Waals surface area contributed by atoms with Gasteiger partial charge < -0.3 is 13.8 Å². The number of carbonyl (C=O) groups excluding carboxylic acids is 1. The molecule has 0 bridgehead atoms. The minimum absolute atomic E-state index is 0.159. The molecule has 2 aliphatic carbocycles. The lowest BCUT2D eigenvalue weighted by Crippen LogP contribution is -2.35. The van der Waals surface area contributed by atoms with Gasteiger partial charge in [-0.25, -0.2) is 4.79 Å². The third-order valence-electron chi connectivity index (χ3n) is 9.70. The molecule has 1 aromatic heterocycles. The van der Waals surface area contributed by atoms with E-state index < -0.39 is 19.4 Å². The van der Waals surface area contributed by atoms with Gasteiger partial charge >= 0.3 is 13.6 Å². The number of benzene rings is 1. The van der Waals surface area contributed by atoms with Crippen molar-refractivity contribution in [3.8, 4) is 6.07 Å². The van der Waals surface area contributed by atoms with E-state index >= 15 is 4.57 Å². The Kier molecular flexibility index (Phi) is 12.0. The normalized spacial score (nSPS) is 28.2. The van der Waals surface area contributed by atoms with Crippen LogP contribution in [0.1, 0.15) is 97.0 Å². The fourth-order valence-electron chi connectivity index (χ4n) is 6.50. The lowest BCUT2D eigenvalue weighted by atomic mass is 9.76. The Bertz CT molecular complexity index is 1300. The summed E-state index contributed by atoms with van der Waals surface area (Å²) in [7, 11) is -4.18. The van der Waals surface area contributed by atoms with Gasteiger partial charge in [0.25, 0.3) is 0 Å². The van der Waals surface area contributed by atoms with E-state index in [0.29, 0.717) is 34.8 Å². The predicted molar refractivity (Wildman–Crippen MR) is 173 cm³/mol. The van der Waals surface area contributed by atoms with Gasteiger partial charge in [-0.15, -0.1) is 0 Å². The quantitative estimate of drug-likeness (QED) is 0.107. The smallest absolute Gasteiger partial charge is 0.376 e. The maximum absolute atomic E-state index is 15.4. The molecule has 0 N–H and O–H groups in total. The number of aromatic nitrogens is 1. The topological polar surface area (TPSA) is 98.5 Å². The summed E-state index contributed by atoms with van der Waals surface area (Å²) in [5.74, 6) is -0.150. The molecule has 0 saturated heterocycles. The summed E-state index contributed by atoms with van der Waals surface area (Å²) in [5, 5.41) is 9.93. The Balaban J connectivity index is 1.75. The van der Waals surface area contributed by atoms with Crippen LogP contribution in [-0.2, 0) is 23.1 Å². The van der Waals surface area contributed by atoms with Crippen LogP contribution in [0.2, 0.25) is 0 Å². The fourth-order valence-corrected chi connectivity index (χ4v) is 8.85. The molecule has 0 spiro atoms. The summed E-state index contributed by atoms with van der Waals surface area (Å²) in [6.45, 7) is 13.1. The van der Waals surface area contributed by atoms with Gasteiger partial charge in [-0.2, -0.15) is 5.26 Å². The van der Waals surface area contributed by atoms with Crippen molar-refractivity contribution in [1.82, 2.24) is 4.98 Å². The average molecular weight is 621 g/mol. The second kappa shape index (κ2) is 15.5. The van der Waals surface area contributed by atoms with Crippen molar-refractivity contribution in [2.24, 2.45) is 35.5 Å². The molecule has 2 fully saturated rings. The molecule has 238 valence electrons. The third-order valence-corrected chi connectivity index (χ3v) is 11.8. The van der Waals surface area contributed by atoms with E-state index in [-0.39, 0.29) is 29.6 Å². The summed E-state index contributed by atoms with van der Waals surface area (Å²) in [4.78, 5) is 17.9. The second-order valence-corrected chi connectivity index (χ2v) is 15.5. The van der Waals surface area contributed by atoms with Crippen LogP contribution in [0.5, 0.6) is 0 Å². The van der Waals surface area contributed by atoms with Crippen LogP contribution < -0.4 is 0 Å². The summed E-state index contributed by atoms with van der Waals surface area (Å²) in [6, 6.07) is 14.5. The van der Waals surface area contributed by atoms with Crippen LogP contribution in [0.3, 0.4) is 0 Å². The number of carbonyl (C=O) groups is 1. The number of ether oxygens (including phenoxy) is 1. The molecule has 0 aliphatic heterocycles. The number of rotatable bonds is 11. The Morgan fingerprint density at radius 1 is 0.909 bits per heavy atom. The van der Waals surface area contributed by atoms with Crippen molar-refractivity contribution in [1.29, 1.82) is 5.26 Å². The van der Waals surface area contributed by atoms with Gasteiger partial charge in [0.2, 0.25) is 5.85 Å². The van der Waals surface area contributed by atoms with E-state index in [0.717, 1.165) is 38.5 Å². The molecular weight excluding hydrogens is 571 g/mol. The zero-order valence-electron chi connectivity index (χ0n) is 27.1. The SMILES string of the molecule is CC(C)C1CCC(C)C(OP(=O)(OC2CC(C(C)C)CCC2C)C(OC(=O)/C(C#N)=C/c2ccccc2)c2cccnc2)C1. The zero-order chi connectivity index (χ0) is 31.9. The number of nitrogens with zero attached hydrogens (tertiary/aromatic N) is 2. The van der Waals surface area contributed by atoms with Crippen LogP contribution in [-0.4, -0.2) is 23.2 Å². The highest BCUT2D eigenvalue weighted by Gasteiger charge is 2.48. The highest BCUT2D eigenvalue weighted by atomic mass is 31.2. The summed E-state index contributed by atoms with van der Waals surface area (Å²) in [6.07, 6.45) is 9.58. The monoisotopic (exact) mass is 620 g/mol. The molecule has 44 heavy (non-hydrogen) atoms. The summed E-state index contributed by atoms with van der Waals surface area (Å²) >= 11 is 0. The second-order valence-electron chi connectivity index (χ2n) is 13.5. The Hall–Kier alpha value is -2.78. The van der Waals surface area contributed by atoms with Crippen LogP contribution in [0.15, 0.2) is 60.4 Å². The van der Waals surface area contributed by atoms with Gasteiger partial charge in [0.15, 0.2) is 0 Å². The molecule has 7 atom stereocenters. The molecule has 2 saturated carbocycles. The van der Waals surface area contributed by atoms with Crippen molar-refractivity contribution in [3.05, 3.63) is 71.6 Å². The van der Waals surface area contributed by atoms with Crippen LogP contribution in [0.4, 0.5) is 0 Å².